The lowest BCUT2D eigenvalue weighted by Gasteiger charge is -2.08. The maximum absolute atomic E-state index is 12.7. The first-order chi connectivity index (χ1) is 12.7. The second-order valence-electron chi connectivity index (χ2n) is 5.98. The zero-order chi connectivity index (χ0) is 18.1. The zero-order valence-electron chi connectivity index (χ0n) is 14.4. The summed E-state index contributed by atoms with van der Waals surface area (Å²) in [5.74, 6) is 0.705. The van der Waals surface area contributed by atoms with Gasteiger partial charge in [0.15, 0.2) is 5.65 Å². The molecule has 4 aromatic rings. The van der Waals surface area contributed by atoms with Crippen molar-refractivity contribution in [3.8, 4) is 5.75 Å². The Labute approximate surface area is 154 Å². The van der Waals surface area contributed by atoms with Gasteiger partial charge in [0.05, 0.1) is 23.9 Å². The normalized spacial score (nSPS) is 10.8. The van der Waals surface area contributed by atoms with Crippen molar-refractivity contribution < 1.29 is 9.53 Å². The molecule has 0 saturated heterocycles. The number of anilines is 2. The number of carbonyl (C=O) groups is 1. The maximum atomic E-state index is 12.7. The molecule has 5 nitrogen and oxygen atoms in total. The Balaban J connectivity index is 1.67. The number of ketones is 1. The number of benzene rings is 2. The maximum Gasteiger partial charge on any atom is 0.209 e. The fraction of sp³-hybridized carbons (Fsp3) is 0.100. The molecule has 0 aliphatic carbocycles. The summed E-state index contributed by atoms with van der Waals surface area (Å²) < 4.78 is 9.79. The average molecular weight is 363 g/mol. The Kier molecular flexibility index (Phi) is 4.18. The number of fused-ring (bicyclic) bond motifs is 1. The number of hydrogen-bond donors (Lipinski definition) is 2. The molecule has 2 heterocycles. The molecule has 0 radical (unpaired) electrons. The number of nitrogens with zero attached hydrogens (tertiary/aromatic N) is 1. The highest BCUT2D eigenvalue weighted by Crippen LogP contribution is 2.34. The molecule has 0 aliphatic rings. The molecular formula is C20H17N3O2S. The Bertz CT molecular complexity index is 1080. The third kappa shape index (κ3) is 2.95. The number of carbonyl (C=O) groups excluding carboxylic acids is 1. The minimum atomic E-state index is -0.0451. The minimum absolute atomic E-state index is 0.0451. The predicted octanol–water partition coefficient (Wildman–Crippen LogP) is 4.92. The third-order valence-corrected chi connectivity index (χ3v) is 4.96. The zero-order valence-corrected chi connectivity index (χ0v) is 15.2. The van der Waals surface area contributed by atoms with E-state index in [2.05, 4.69) is 14.7 Å². The van der Waals surface area contributed by atoms with Crippen molar-refractivity contribution >= 4 is 39.0 Å². The summed E-state index contributed by atoms with van der Waals surface area (Å²) in [5.41, 5.74) is 3.86. The van der Waals surface area contributed by atoms with Crippen molar-refractivity contribution in [2.45, 2.75) is 6.92 Å². The monoisotopic (exact) mass is 363 g/mol. The van der Waals surface area contributed by atoms with Crippen LogP contribution < -0.4 is 10.1 Å². The van der Waals surface area contributed by atoms with Crippen LogP contribution in [0.2, 0.25) is 0 Å². The second kappa shape index (κ2) is 6.65. The highest BCUT2D eigenvalue weighted by atomic mass is 32.1. The van der Waals surface area contributed by atoms with Gasteiger partial charge in [0, 0.05) is 5.56 Å². The Hall–Kier alpha value is -3.12. The average Bonchev–Trinajstić information content (AvgIpc) is 3.24. The van der Waals surface area contributed by atoms with Crippen LogP contribution in [0.5, 0.6) is 5.75 Å². The largest absolute Gasteiger partial charge is 0.495 e. The molecule has 0 bridgehead atoms. The molecule has 0 amide bonds. The van der Waals surface area contributed by atoms with Gasteiger partial charge in [-0.05, 0) is 36.7 Å². The lowest BCUT2D eigenvalue weighted by molar-refractivity contribution is 0.103. The van der Waals surface area contributed by atoms with Crippen molar-refractivity contribution in [1.29, 1.82) is 0 Å². The first kappa shape index (κ1) is 16.4. The molecule has 0 aliphatic heterocycles. The van der Waals surface area contributed by atoms with Gasteiger partial charge in [0.25, 0.3) is 0 Å². The van der Waals surface area contributed by atoms with Gasteiger partial charge < -0.3 is 15.0 Å². The number of ether oxygens (including phenoxy) is 1. The number of aromatic nitrogens is 2. The number of methoxy groups -OCH3 is 1. The van der Waals surface area contributed by atoms with Crippen molar-refractivity contribution in [2.75, 3.05) is 12.4 Å². The van der Waals surface area contributed by atoms with Crippen LogP contribution in [0, 0.1) is 6.92 Å². The van der Waals surface area contributed by atoms with E-state index in [1.54, 1.807) is 7.11 Å². The number of nitrogens with one attached hydrogen (secondary N) is 2. The lowest BCUT2D eigenvalue weighted by atomic mass is 10.1. The van der Waals surface area contributed by atoms with Crippen LogP contribution >= 0.6 is 11.5 Å². The van der Waals surface area contributed by atoms with Crippen LogP contribution in [0.4, 0.5) is 10.7 Å². The molecule has 26 heavy (non-hydrogen) atoms. The number of rotatable bonds is 5. The molecule has 2 aromatic carbocycles. The number of para-hydroxylation sites is 2. The van der Waals surface area contributed by atoms with Crippen LogP contribution in [0.25, 0.3) is 11.0 Å². The van der Waals surface area contributed by atoms with Crippen LogP contribution in [0.3, 0.4) is 0 Å². The molecule has 0 atom stereocenters. The second-order valence-corrected chi connectivity index (χ2v) is 6.75. The minimum Gasteiger partial charge on any atom is -0.495 e. The molecular weight excluding hydrogens is 346 g/mol. The molecule has 0 fully saturated rings. The van der Waals surface area contributed by atoms with E-state index in [0.29, 0.717) is 16.9 Å². The molecule has 2 aromatic heterocycles. The van der Waals surface area contributed by atoms with E-state index in [1.807, 2.05) is 61.5 Å². The smallest absolute Gasteiger partial charge is 0.209 e. The van der Waals surface area contributed by atoms with E-state index in [-0.39, 0.29) is 5.78 Å². The van der Waals surface area contributed by atoms with Gasteiger partial charge in [0.2, 0.25) is 5.78 Å². The van der Waals surface area contributed by atoms with Gasteiger partial charge in [-0.2, -0.15) is 4.37 Å². The topological polar surface area (TPSA) is 67.0 Å². The standard InChI is InChI=1S/C20H17N3O2S/c1-12-7-9-13(10-8-12)18(24)16-11-14-19(21-16)23-26-20(14)22-15-5-3-4-6-17(15)25-2/h3-11,22H,1-2H3,(H,21,23). The Morgan fingerprint density at radius 2 is 1.92 bits per heavy atom. The fourth-order valence-electron chi connectivity index (χ4n) is 2.77. The van der Waals surface area contributed by atoms with Crippen LogP contribution in [0.15, 0.2) is 54.6 Å². The first-order valence-corrected chi connectivity index (χ1v) is 8.93. The molecule has 130 valence electrons. The van der Waals surface area contributed by atoms with Gasteiger partial charge in [-0.3, -0.25) is 4.79 Å². The SMILES string of the molecule is COc1ccccc1Nc1snc2[nH]c(C(=O)c3ccc(C)cc3)cc12. The van der Waals surface area contributed by atoms with Crippen molar-refractivity contribution in [1.82, 2.24) is 9.36 Å². The number of hydrogen-bond acceptors (Lipinski definition) is 5. The highest BCUT2D eigenvalue weighted by molar-refractivity contribution is 7.11. The molecule has 0 saturated carbocycles. The summed E-state index contributed by atoms with van der Waals surface area (Å²) in [6, 6.07) is 17.1. The fourth-order valence-corrected chi connectivity index (χ4v) is 3.51. The van der Waals surface area contributed by atoms with Gasteiger partial charge in [-0.1, -0.05) is 42.0 Å². The highest BCUT2D eigenvalue weighted by Gasteiger charge is 2.16. The summed E-state index contributed by atoms with van der Waals surface area (Å²) in [4.78, 5) is 15.8. The summed E-state index contributed by atoms with van der Waals surface area (Å²) in [5, 5.41) is 5.10. The van der Waals surface area contributed by atoms with E-state index >= 15 is 0 Å². The van der Waals surface area contributed by atoms with E-state index in [9.17, 15) is 4.79 Å². The number of aromatic amines is 1. The van der Waals surface area contributed by atoms with Crippen molar-refractivity contribution in [3.05, 3.63) is 71.4 Å². The quantitative estimate of drug-likeness (QED) is 0.494. The van der Waals surface area contributed by atoms with Gasteiger partial charge in [-0.15, -0.1) is 0 Å². The van der Waals surface area contributed by atoms with Gasteiger partial charge in [0.1, 0.15) is 10.8 Å². The third-order valence-electron chi connectivity index (χ3n) is 4.18. The molecule has 0 unspecified atom stereocenters. The van der Waals surface area contributed by atoms with Crippen LogP contribution in [-0.4, -0.2) is 22.3 Å². The number of H-pyrrole nitrogens is 1. The first-order valence-electron chi connectivity index (χ1n) is 8.15. The van der Waals surface area contributed by atoms with E-state index < -0.39 is 0 Å². The van der Waals surface area contributed by atoms with Gasteiger partial charge in [-0.25, -0.2) is 0 Å². The van der Waals surface area contributed by atoms with Crippen molar-refractivity contribution in [3.63, 3.8) is 0 Å². The molecule has 0 spiro atoms. The van der Waals surface area contributed by atoms with Crippen LogP contribution in [-0.2, 0) is 0 Å². The number of aryl methyl sites for hydroxylation is 1. The molecule has 2 N–H and O–H groups in total. The van der Waals surface area contributed by atoms with E-state index in [0.717, 1.165) is 27.4 Å². The predicted molar refractivity (Wildman–Crippen MR) is 105 cm³/mol. The molecule has 6 heteroatoms. The van der Waals surface area contributed by atoms with Crippen molar-refractivity contribution in [2.24, 2.45) is 0 Å². The van der Waals surface area contributed by atoms with Gasteiger partial charge >= 0.3 is 0 Å². The summed E-state index contributed by atoms with van der Waals surface area (Å²) in [6.45, 7) is 2.00. The van der Waals surface area contributed by atoms with Crippen LogP contribution in [0.1, 0.15) is 21.6 Å². The lowest BCUT2D eigenvalue weighted by Crippen LogP contribution is -2.01. The molecule has 4 rings (SSSR count). The summed E-state index contributed by atoms with van der Waals surface area (Å²) in [6.07, 6.45) is 0. The summed E-state index contributed by atoms with van der Waals surface area (Å²) in [7, 11) is 1.64. The Morgan fingerprint density at radius 3 is 2.69 bits per heavy atom. The van der Waals surface area contributed by atoms with E-state index in [1.165, 1.54) is 11.5 Å². The Morgan fingerprint density at radius 1 is 1.15 bits per heavy atom. The summed E-state index contributed by atoms with van der Waals surface area (Å²) >= 11 is 1.34. The van der Waals surface area contributed by atoms with E-state index in [4.69, 9.17) is 4.74 Å².